The number of nitrogens with one attached hydrogen (secondary N) is 1. The van der Waals surface area contributed by atoms with Crippen molar-refractivity contribution in [3.8, 4) is 17.2 Å². The number of hydrogen-bond donors (Lipinski definition) is 1. The zero-order valence-corrected chi connectivity index (χ0v) is 20.3. The van der Waals surface area contributed by atoms with Gasteiger partial charge in [-0.25, -0.2) is 0 Å². The average Bonchev–Trinajstić information content (AvgIpc) is 3.54. The number of carbonyl (C=O) groups excluding carboxylic acids is 2. The van der Waals surface area contributed by atoms with Gasteiger partial charge in [-0.05, 0) is 47.0 Å². The first-order valence-corrected chi connectivity index (χ1v) is 12.3. The number of rotatable bonds is 4. The van der Waals surface area contributed by atoms with E-state index in [-0.39, 0.29) is 25.2 Å². The molecule has 3 aliphatic rings. The monoisotopic (exact) mass is 495 g/mol. The molecule has 2 atom stereocenters. The van der Waals surface area contributed by atoms with Gasteiger partial charge in [0.2, 0.25) is 18.6 Å². The van der Waals surface area contributed by atoms with E-state index in [4.69, 9.17) is 14.2 Å². The van der Waals surface area contributed by atoms with Crippen LogP contribution in [0.15, 0.2) is 66.7 Å². The van der Waals surface area contributed by atoms with Crippen LogP contribution in [0.3, 0.4) is 0 Å². The van der Waals surface area contributed by atoms with Gasteiger partial charge in [0.05, 0.1) is 13.2 Å². The summed E-state index contributed by atoms with van der Waals surface area (Å²) in [6.07, 6.45) is 0.466. The molecule has 4 heterocycles. The van der Waals surface area contributed by atoms with Crippen molar-refractivity contribution in [2.45, 2.75) is 25.0 Å². The average molecular weight is 496 g/mol. The van der Waals surface area contributed by atoms with E-state index in [0.29, 0.717) is 24.5 Å². The largest absolute Gasteiger partial charge is 0.497 e. The Kier molecular flexibility index (Phi) is 4.89. The first-order valence-electron chi connectivity index (χ1n) is 12.3. The predicted octanol–water partition coefficient (Wildman–Crippen LogP) is 3.79. The fraction of sp³-hybridized carbons (Fsp3) is 0.241. The summed E-state index contributed by atoms with van der Waals surface area (Å²) in [5.41, 5.74) is 4.89. The molecule has 1 aromatic heterocycles. The van der Waals surface area contributed by atoms with Gasteiger partial charge in [-0.3, -0.25) is 9.59 Å². The SMILES string of the molecule is COc1ccc(C2c3[nH]c4ccccc4c3CC3C(=O)N(Cc4ccc5c(c4)OCO5)CC(=O)N32)cc1. The van der Waals surface area contributed by atoms with Gasteiger partial charge in [-0.1, -0.05) is 36.4 Å². The third-order valence-corrected chi connectivity index (χ3v) is 7.58. The number of carbonyl (C=O) groups is 2. The summed E-state index contributed by atoms with van der Waals surface area (Å²) in [7, 11) is 1.63. The fourth-order valence-corrected chi connectivity index (χ4v) is 5.85. The molecular weight excluding hydrogens is 470 g/mol. The Hall–Kier alpha value is -4.46. The molecule has 186 valence electrons. The molecule has 8 nitrogen and oxygen atoms in total. The van der Waals surface area contributed by atoms with Gasteiger partial charge in [-0.15, -0.1) is 0 Å². The Labute approximate surface area is 213 Å². The molecule has 1 saturated heterocycles. The van der Waals surface area contributed by atoms with E-state index in [1.54, 1.807) is 16.9 Å². The fourth-order valence-electron chi connectivity index (χ4n) is 5.85. The van der Waals surface area contributed by atoms with Gasteiger partial charge in [0, 0.05) is 29.6 Å². The molecule has 0 spiro atoms. The summed E-state index contributed by atoms with van der Waals surface area (Å²) < 4.78 is 16.3. The van der Waals surface area contributed by atoms with Gasteiger partial charge < -0.3 is 29.0 Å². The van der Waals surface area contributed by atoms with Crippen LogP contribution in [0.5, 0.6) is 17.2 Å². The van der Waals surface area contributed by atoms with Crippen LogP contribution in [0.4, 0.5) is 0 Å². The van der Waals surface area contributed by atoms with Crippen molar-refractivity contribution in [2.75, 3.05) is 20.4 Å². The Bertz CT molecular complexity index is 1540. The van der Waals surface area contributed by atoms with Gasteiger partial charge in [0.25, 0.3) is 0 Å². The second-order valence-corrected chi connectivity index (χ2v) is 9.64. The van der Waals surface area contributed by atoms with E-state index >= 15 is 0 Å². The van der Waals surface area contributed by atoms with Crippen molar-refractivity contribution in [3.05, 3.63) is 89.1 Å². The Morgan fingerprint density at radius 2 is 1.81 bits per heavy atom. The zero-order chi connectivity index (χ0) is 25.1. The number of benzene rings is 3. The molecule has 0 saturated carbocycles. The number of aromatic amines is 1. The first kappa shape index (κ1) is 21.8. The van der Waals surface area contributed by atoms with Crippen molar-refractivity contribution in [1.29, 1.82) is 0 Å². The van der Waals surface area contributed by atoms with Crippen LogP contribution in [-0.2, 0) is 22.6 Å². The molecule has 0 bridgehead atoms. The quantitative estimate of drug-likeness (QED) is 0.466. The van der Waals surface area contributed by atoms with Crippen molar-refractivity contribution < 1.29 is 23.8 Å². The first-order chi connectivity index (χ1) is 18.1. The number of aromatic nitrogens is 1. The molecule has 8 heteroatoms. The van der Waals surface area contributed by atoms with Crippen LogP contribution < -0.4 is 14.2 Å². The molecule has 2 amide bonds. The lowest BCUT2D eigenvalue weighted by molar-refractivity contribution is -0.159. The molecule has 0 radical (unpaired) electrons. The van der Waals surface area contributed by atoms with E-state index in [2.05, 4.69) is 11.1 Å². The van der Waals surface area contributed by atoms with Crippen molar-refractivity contribution in [1.82, 2.24) is 14.8 Å². The van der Waals surface area contributed by atoms with E-state index in [9.17, 15) is 9.59 Å². The Morgan fingerprint density at radius 1 is 1.00 bits per heavy atom. The highest BCUT2D eigenvalue weighted by atomic mass is 16.7. The van der Waals surface area contributed by atoms with Gasteiger partial charge >= 0.3 is 0 Å². The standard InChI is InChI=1S/C29H25N3O5/c1-35-19-9-7-18(8-10-19)28-27-21(20-4-2-3-5-22(20)30-27)13-23-29(34)31(15-26(33)32(23)28)14-17-6-11-24-25(12-17)37-16-36-24/h2-12,23,28,30H,13-16H2,1H3. The molecule has 0 aliphatic carbocycles. The normalized spacial score (nSPS) is 20.2. The summed E-state index contributed by atoms with van der Waals surface area (Å²) in [6.45, 7) is 0.544. The van der Waals surface area contributed by atoms with Crippen LogP contribution in [-0.4, -0.2) is 53.1 Å². The van der Waals surface area contributed by atoms with Crippen molar-refractivity contribution in [3.63, 3.8) is 0 Å². The van der Waals surface area contributed by atoms with Gasteiger partial charge in [0.15, 0.2) is 11.5 Å². The number of H-pyrrole nitrogens is 1. The third kappa shape index (κ3) is 3.43. The molecule has 37 heavy (non-hydrogen) atoms. The minimum absolute atomic E-state index is 0.0198. The summed E-state index contributed by atoms with van der Waals surface area (Å²) in [5, 5.41) is 1.09. The predicted molar refractivity (Wildman–Crippen MR) is 135 cm³/mol. The Balaban J connectivity index is 1.29. The van der Waals surface area contributed by atoms with Crippen LogP contribution in [0.2, 0.25) is 0 Å². The number of amides is 2. The lowest BCUT2D eigenvalue weighted by Gasteiger charge is -2.47. The maximum Gasteiger partial charge on any atom is 0.246 e. The molecule has 1 N–H and O–H groups in total. The maximum atomic E-state index is 13.9. The van der Waals surface area contributed by atoms with Crippen molar-refractivity contribution >= 4 is 22.7 Å². The van der Waals surface area contributed by atoms with Gasteiger partial charge in [-0.2, -0.15) is 0 Å². The lowest BCUT2D eigenvalue weighted by Crippen LogP contribution is -2.62. The number of piperazine rings is 1. The smallest absolute Gasteiger partial charge is 0.246 e. The highest BCUT2D eigenvalue weighted by molar-refractivity contribution is 5.97. The second kappa shape index (κ2) is 8.30. The van der Waals surface area contributed by atoms with E-state index in [0.717, 1.165) is 39.0 Å². The number of para-hydroxylation sites is 1. The van der Waals surface area contributed by atoms with Crippen LogP contribution in [0, 0.1) is 0 Å². The van der Waals surface area contributed by atoms with E-state index in [1.165, 1.54) is 0 Å². The summed E-state index contributed by atoms with van der Waals surface area (Å²) in [6, 6.07) is 20.5. The summed E-state index contributed by atoms with van der Waals surface area (Å²) >= 11 is 0. The van der Waals surface area contributed by atoms with Gasteiger partial charge in [0.1, 0.15) is 18.3 Å². The minimum Gasteiger partial charge on any atom is -0.497 e. The topological polar surface area (TPSA) is 84.1 Å². The molecule has 7 rings (SSSR count). The maximum absolute atomic E-state index is 13.9. The minimum atomic E-state index is -0.589. The number of ether oxygens (including phenoxy) is 3. The third-order valence-electron chi connectivity index (χ3n) is 7.58. The molecule has 1 fully saturated rings. The number of fused-ring (bicyclic) bond motifs is 5. The lowest BCUT2D eigenvalue weighted by atomic mass is 9.86. The number of nitrogens with zero attached hydrogens (tertiary/aromatic N) is 2. The molecule has 3 aliphatic heterocycles. The Morgan fingerprint density at radius 3 is 2.65 bits per heavy atom. The van der Waals surface area contributed by atoms with Crippen LogP contribution in [0.25, 0.3) is 10.9 Å². The number of methoxy groups -OCH3 is 1. The van der Waals surface area contributed by atoms with E-state index < -0.39 is 12.1 Å². The molecular formula is C29H25N3O5. The number of hydrogen-bond acceptors (Lipinski definition) is 5. The van der Waals surface area contributed by atoms with E-state index in [1.807, 2.05) is 60.7 Å². The highest BCUT2D eigenvalue weighted by Crippen LogP contribution is 2.43. The van der Waals surface area contributed by atoms with Crippen molar-refractivity contribution in [2.24, 2.45) is 0 Å². The van der Waals surface area contributed by atoms with Crippen LogP contribution in [0.1, 0.15) is 28.4 Å². The van der Waals surface area contributed by atoms with Crippen LogP contribution >= 0.6 is 0 Å². The summed E-state index contributed by atoms with van der Waals surface area (Å²) in [5.74, 6) is 1.97. The highest BCUT2D eigenvalue weighted by Gasteiger charge is 2.48. The molecule has 4 aromatic rings. The molecule has 2 unspecified atom stereocenters. The molecule has 3 aromatic carbocycles. The second-order valence-electron chi connectivity index (χ2n) is 9.64. The zero-order valence-electron chi connectivity index (χ0n) is 20.3. The summed E-state index contributed by atoms with van der Waals surface area (Å²) in [4.78, 5) is 34.7.